The number of alkyl halides is 3. The van der Waals surface area contributed by atoms with Gasteiger partial charge in [0.25, 0.3) is 0 Å². The zero-order chi connectivity index (χ0) is 24.5. The van der Waals surface area contributed by atoms with Crippen LogP contribution in [0.3, 0.4) is 0 Å². The molecule has 178 valence electrons. The fourth-order valence-corrected chi connectivity index (χ4v) is 4.42. The molecular weight excluding hydrogens is 447 g/mol. The van der Waals surface area contributed by atoms with Crippen molar-refractivity contribution in [2.24, 2.45) is 0 Å². The fraction of sp³-hybridized carbons (Fsp3) is 0.308. The van der Waals surface area contributed by atoms with Crippen LogP contribution in [0.1, 0.15) is 40.2 Å². The molecule has 1 aliphatic rings. The Balaban J connectivity index is 1.60. The van der Waals surface area contributed by atoms with Crippen LogP contribution in [-0.2, 0) is 23.8 Å². The largest absolute Gasteiger partial charge is 0.493 e. The van der Waals surface area contributed by atoms with Crippen molar-refractivity contribution in [1.82, 2.24) is 4.98 Å². The fourth-order valence-electron chi connectivity index (χ4n) is 4.42. The molecule has 0 radical (unpaired) electrons. The minimum Gasteiger partial charge on any atom is -0.493 e. The van der Waals surface area contributed by atoms with Gasteiger partial charge in [0.2, 0.25) is 5.88 Å². The van der Waals surface area contributed by atoms with Gasteiger partial charge in [0.15, 0.2) is 0 Å². The van der Waals surface area contributed by atoms with E-state index < -0.39 is 17.7 Å². The Labute approximate surface area is 195 Å². The van der Waals surface area contributed by atoms with Crippen molar-refractivity contribution in [3.8, 4) is 22.8 Å². The number of hydrogen-bond acceptors (Lipinski definition) is 4. The van der Waals surface area contributed by atoms with E-state index in [1.165, 1.54) is 19.4 Å². The molecule has 0 amide bonds. The number of pyridine rings is 1. The molecule has 2 heterocycles. The molecule has 4 rings (SSSR count). The van der Waals surface area contributed by atoms with Gasteiger partial charge in [0.1, 0.15) is 5.75 Å². The molecule has 0 aliphatic carbocycles. The molecular formula is C26H24F3NO4. The molecule has 0 bridgehead atoms. The van der Waals surface area contributed by atoms with E-state index in [9.17, 15) is 18.0 Å². The first-order valence-corrected chi connectivity index (χ1v) is 10.8. The van der Waals surface area contributed by atoms with Crippen molar-refractivity contribution >= 4 is 5.97 Å². The van der Waals surface area contributed by atoms with Gasteiger partial charge in [-0.1, -0.05) is 18.2 Å². The topological polar surface area (TPSA) is 68.7 Å². The van der Waals surface area contributed by atoms with Crippen LogP contribution < -0.4 is 9.47 Å². The summed E-state index contributed by atoms with van der Waals surface area (Å²) in [6, 6.07) is 11.5. The summed E-state index contributed by atoms with van der Waals surface area (Å²) in [5, 5.41) is 9.05. The highest BCUT2D eigenvalue weighted by Gasteiger charge is 2.35. The second-order valence-corrected chi connectivity index (χ2v) is 8.34. The van der Waals surface area contributed by atoms with E-state index in [0.717, 1.165) is 22.8 Å². The molecule has 2 aromatic carbocycles. The van der Waals surface area contributed by atoms with E-state index in [1.807, 2.05) is 18.2 Å². The van der Waals surface area contributed by atoms with Gasteiger partial charge in [-0.25, -0.2) is 4.98 Å². The molecule has 1 aliphatic heterocycles. The van der Waals surface area contributed by atoms with Crippen molar-refractivity contribution in [1.29, 1.82) is 0 Å². The van der Waals surface area contributed by atoms with Crippen molar-refractivity contribution in [3.05, 3.63) is 76.5 Å². The molecule has 3 aromatic rings. The molecule has 0 fully saturated rings. The van der Waals surface area contributed by atoms with Crippen LogP contribution >= 0.6 is 0 Å². The average molecular weight is 471 g/mol. The number of nitrogens with zero attached hydrogens (tertiary/aromatic N) is 1. The van der Waals surface area contributed by atoms with Gasteiger partial charge in [-0.05, 0) is 60.2 Å². The lowest BCUT2D eigenvalue weighted by Crippen LogP contribution is -2.10. The van der Waals surface area contributed by atoms with Crippen molar-refractivity contribution < 1.29 is 32.5 Å². The number of rotatable bonds is 7. The van der Waals surface area contributed by atoms with Crippen LogP contribution in [0.15, 0.2) is 48.7 Å². The highest BCUT2D eigenvalue weighted by Crippen LogP contribution is 2.41. The second-order valence-electron chi connectivity index (χ2n) is 8.34. The van der Waals surface area contributed by atoms with E-state index >= 15 is 0 Å². The Morgan fingerprint density at radius 1 is 1.18 bits per heavy atom. The Morgan fingerprint density at radius 3 is 2.62 bits per heavy atom. The van der Waals surface area contributed by atoms with Crippen LogP contribution in [0.5, 0.6) is 11.6 Å². The first kappa shape index (κ1) is 23.6. The summed E-state index contributed by atoms with van der Waals surface area (Å²) in [4.78, 5) is 15.1. The second kappa shape index (κ2) is 9.37. The van der Waals surface area contributed by atoms with Crippen molar-refractivity contribution in [2.45, 2.75) is 38.3 Å². The maximum Gasteiger partial charge on any atom is 0.417 e. The predicted octanol–water partition coefficient (Wildman–Crippen LogP) is 5.82. The van der Waals surface area contributed by atoms with Gasteiger partial charge in [-0.15, -0.1) is 0 Å². The summed E-state index contributed by atoms with van der Waals surface area (Å²) in [7, 11) is 1.45. The molecule has 0 spiro atoms. The lowest BCUT2D eigenvalue weighted by molar-refractivity contribution is -0.138. The number of benzene rings is 2. The summed E-state index contributed by atoms with van der Waals surface area (Å²) < 4.78 is 52.1. The number of carboxylic acids is 1. The number of aliphatic carboxylic acids is 1. The van der Waals surface area contributed by atoms with Gasteiger partial charge in [-0.3, -0.25) is 4.79 Å². The SMILES string of the molecule is COc1ccc(-c2c(C(F)(F)F)ccc(CCc3ccc4c(c3)OC[C@H]4CC(=O)O)c2C)cn1. The third kappa shape index (κ3) is 4.85. The molecule has 0 saturated heterocycles. The molecule has 1 N–H and O–H groups in total. The summed E-state index contributed by atoms with van der Waals surface area (Å²) in [5.74, 6) is -0.0287. The van der Waals surface area contributed by atoms with Gasteiger partial charge in [0, 0.05) is 29.3 Å². The molecule has 8 heteroatoms. The Kier molecular flexibility index (Phi) is 6.50. The lowest BCUT2D eigenvalue weighted by atomic mass is 9.89. The number of carboxylic acid groups (broad SMARTS) is 1. The van der Waals surface area contributed by atoms with Crippen LogP contribution in [-0.4, -0.2) is 29.8 Å². The highest BCUT2D eigenvalue weighted by molar-refractivity contribution is 5.72. The summed E-state index contributed by atoms with van der Waals surface area (Å²) >= 11 is 0. The van der Waals surface area contributed by atoms with E-state index in [4.69, 9.17) is 14.6 Å². The number of aromatic nitrogens is 1. The van der Waals surface area contributed by atoms with E-state index in [0.29, 0.717) is 42.2 Å². The van der Waals surface area contributed by atoms with E-state index in [2.05, 4.69) is 4.98 Å². The maximum absolute atomic E-state index is 13.8. The number of carbonyl (C=O) groups is 1. The summed E-state index contributed by atoms with van der Waals surface area (Å²) in [6.07, 6.45) is -1.95. The highest BCUT2D eigenvalue weighted by atomic mass is 19.4. The number of aryl methyl sites for hydroxylation is 2. The monoisotopic (exact) mass is 471 g/mol. The van der Waals surface area contributed by atoms with E-state index in [-0.39, 0.29) is 17.9 Å². The first-order valence-electron chi connectivity index (χ1n) is 10.8. The van der Waals surface area contributed by atoms with Crippen LogP contribution in [0, 0.1) is 6.92 Å². The van der Waals surface area contributed by atoms with Crippen LogP contribution in [0.2, 0.25) is 0 Å². The summed E-state index contributed by atoms with van der Waals surface area (Å²) in [6.45, 7) is 2.04. The number of methoxy groups -OCH3 is 1. The quantitative estimate of drug-likeness (QED) is 0.470. The molecule has 1 aromatic heterocycles. The average Bonchev–Trinajstić information content (AvgIpc) is 3.19. The molecule has 1 atom stereocenters. The minimum atomic E-state index is -4.50. The smallest absolute Gasteiger partial charge is 0.417 e. The van der Waals surface area contributed by atoms with E-state index in [1.54, 1.807) is 19.1 Å². The van der Waals surface area contributed by atoms with Crippen LogP contribution in [0.4, 0.5) is 13.2 Å². The predicted molar refractivity (Wildman–Crippen MR) is 120 cm³/mol. The standard InChI is InChI=1S/C26H24F3NO4/c1-15-17(5-3-16-4-8-20-19(12-24(31)32)14-34-22(20)11-16)6-9-21(26(27,28)29)25(15)18-7-10-23(33-2)30-13-18/h4,6-11,13,19H,3,5,12,14H2,1-2H3,(H,31,32)/t19-/m1/s1. The van der Waals surface area contributed by atoms with Crippen molar-refractivity contribution in [3.63, 3.8) is 0 Å². The van der Waals surface area contributed by atoms with Gasteiger partial charge >= 0.3 is 12.1 Å². The van der Waals surface area contributed by atoms with Gasteiger partial charge in [-0.2, -0.15) is 13.2 Å². The molecule has 0 saturated carbocycles. The Hall–Kier alpha value is -3.55. The molecule has 34 heavy (non-hydrogen) atoms. The normalized spacial score (nSPS) is 15.0. The lowest BCUT2D eigenvalue weighted by Gasteiger charge is -2.19. The van der Waals surface area contributed by atoms with Crippen molar-refractivity contribution in [2.75, 3.05) is 13.7 Å². The number of hydrogen-bond donors (Lipinski definition) is 1. The molecule has 5 nitrogen and oxygen atoms in total. The van der Waals surface area contributed by atoms with Gasteiger partial charge in [0.05, 0.1) is 25.7 Å². The summed E-state index contributed by atoms with van der Waals surface area (Å²) in [5.41, 5.74) is 3.02. The zero-order valence-electron chi connectivity index (χ0n) is 18.8. The van der Waals surface area contributed by atoms with Crippen LogP contribution in [0.25, 0.3) is 11.1 Å². The maximum atomic E-state index is 13.8. The third-order valence-corrected chi connectivity index (χ3v) is 6.18. The zero-order valence-corrected chi connectivity index (χ0v) is 18.8. The minimum absolute atomic E-state index is 0.0140. The molecule has 0 unspecified atom stereocenters. The Morgan fingerprint density at radius 2 is 1.97 bits per heavy atom. The number of halogens is 3. The van der Waals surface area contributed by atoms with Gasteiger partial charge < -0.3 is 14.6 Å². The first-order chi connectivity index (χ1) is 16.2. The Bertz CT molecular complexity index is 1210. The number of ether oxygens (including phenoxy) is 2. The third-order valence-electron chi connectivity index (χ3n) is 6.18. The number of fused-ring (bicyclic) bond motifs is 1.